The van der Waals surface area contributed by atoms with Crippen LogP contribution in [-0.4, -0.2) is 97.7 Å². The van der Waals surface area contributed by atoms with Gasteiger partial charge in [0, 0.05) is 17.7 Å². The summed E-state index contributed by atoms with van der Waals surface area (Å²) >= 11 is 0. The molecule has 2 saturated heterocycles. The molecule has 5 rings (SSSR count). The van der Waals surface area contributed by atoms with Crippen molar-refractivity contribution >= 4 is 16.8 Å². The van der Waals surface area contributed by atoms with E-state index in [1.54, 1.807) is 0 Å². The maximum Gasteiger partial charge on any atom is 0.197 e. The topological polar surface area (TPSA) is 226 Å². The fraction of sp³-hybridized carbons (Fsp3) is 0.429. The number of rotatable bonds is 5. The number of carbonyl (C=O) groups excluding carboxylic acids is 1. The van der Waals surface area contributed by atoms with Crippen LogP contribution >= 0.6 is 0 Å². The highest BCUT2D eigenvalue weighted by Crippen LogP contribution is 2.45. The highest BCUT2D eigenvalue weighted by Gasteiger charge is 2.50. The predicted molar refractivity (Wildman–Crippen MR) is 141 cm³/mol. The molecule has 1 aromatic heterocycles. The summed E-state index contributed by atoms with van der Waals surface area (Å²) in [5, 5.41) is 73.2. The number of benzene rings is 2. The van der Waals surface area contributed by atoms with Gasteiger partial charge in [0.1, 0.15) is 71.0 Å². The summed E-state index contributed by atoms with van der Waals surface area (Å²) in [4.78, 5) is 25.9. The summed E-state index contributed by atoms with van der Waals surface area (Å²) < 4.78 is 27.7. The van der Waals surface area contributed by atoms with Crippen LogP contribution in [0.25, 0.3) is 22.3 Å². The van der Waals surface area contributed by atoms with E-state index in [1.807, 2.05) is 0 Å². The van der Waals surface area contributed by atoms with Crippen LogP contribution in [0, 0.1) is 0 Å². The molecule has 226 valence electrons. The molecule has 14 heteroatoms. The van der Waals surface area contributed by atoms with E-state index in [2.05, 4.69) is 0 Å². The first-order valence-electron chi connectivity index (χ1n) is 13.0. The minimum Gasteiger partial charge on any atom is -0.507 e. The quantitative estimate of drug-likeness (QED) is 0.211. The molecule has 0 amide bonds. The normalized spacial score (nSPS) is 31.8. The van der Waals surface area contributed by atoms with Gasteiger partial charge in [-0.25, -0.2) is 0 Å². The Balaban J connectivity index is 1.58. The van der Waals surface area contributed by atoms with Crippen LogP contribution in [0.5, 0.6) is 23.0 Å². The maximum atomic E-state index is 13.2. The van der Waals surface area contributed by atoms with Crippen molar-refractivity contribution in [3.05, 3.63) is 46.1 Å². The van der Waals surface area contributed by atoms with Crippen molar-refractivity contribution in [2.45, 2.75) is 69.0 Å². The summed E-state index contributed by atoms with van der Waals surface area (Å²) in [7, 11) is 1.34. The van der Waals surface area contributed by atoms with Crippen molar-refractivity contribution in [1.82, 2.24) is 0 Å². The Kier molecular flexibility index (Phi) is 7.89. The smallest absolute Gasteiger partial charge is 0.197 e. The molecule has 0 saturated carbocycles. The van der Waals surface area contributed by atoms with E-state index in [-0.39, 0.29) is 28.2 Å². The first-order chi connectivity index (χ1) is 19.8. The Morgan fingerprint density at radius 3 is 2.26 bits per heavy atom. The zero-order valence-corrected chi connectivity index (χ0v) is 22.6. The monoisotopic (exact) mass is 590 g/mol. The fourth-order valence-corrected chi connectivity index (χ4v) is 5.15. The number of Topliss-reactive ketones (excluding diaryl/α,β-unsaturated/α-hetero) is 1. The molecule has 3 heterocycles. The first kappa shape index (κ1) is 29.7. The Labute approximate surface area is 237 Å². The molecule has 2 fully saturated rings. The van der Waals surface area contributed by atoms with Crippen molar-refractivity contribution in [2.75, 3.05) is 7.11 Å². The van der Waals surface area contributed by atoms with E-state index in [9.17, 15) is 45.3 Å². The third-order valence-electron chi connectivity index (χ3n) is 7.51. The molecule has 42 heavy (non-hydrogen) atoms. The number of fused-ring (bicyclic) bond motifs is 1. The van der Waals surface area contributed by atoms with Gasteiger partial charge in [-0.1, -0.05) is 0 Å². The molecule has 2 aliphatic heterocycles. The van der Waals surface area contributed by atoms with Gasteiger partial charge >= 0.3 is 0 Å². The molecular formula is C28H30O14. The van der Waals surface area contributed by atoms with E-state index >= 15 is 0 Å². The summed E-state index contributed by atoms with van der Waals surface area (Å²) in [6.45, 7) is 2.72. The van der Waals surface area contributed by atoms with Crippen LogP contribution in [0.2, 0.25) is 0 Å². The number of aromatic hydroxyl groups is 3. The molecule has 2 aliphatic rings. The minimum atomic E-state index is -1.91. The lowest BCUT2D eigenvalue weighted by Crippen LogP contribution is -2.60. The number of phenols is 3. The SMILES string of the molecule is COc1cc(-c2cc(=O)c3c(O)c([C@@H]4O[C@@H](C)C(=O)[C@H](O)[C@H]4O[C@@H]4O[C@@H](C)[C@H](O)[C@@H](O)[C@H]4O)c(O)cc3o2)ccc1O. The lowest BCUT2D eigenvalue weighted by atomic mass is 9.90. The number of hydrogen-bond donors (Lipinski definition) is 7. The predicted octanol–water partition coefficient (Wildman–Crippen LogP) is 0.188. The van der Waals surface area contributed by atoms with Gasteiger partial charge in [-0.3, -0.25) is 9.59 Å². The standard InChI is InChI=1S/C28H30O14/c1-9-21(33)24(36)27(42-28-25(37)23(35)20(32)10(2)40-28)26(39-9)19-14(31)8-17-18(22(19)34)13(30)7-15(41-17)11-4-5-12(29)16(6-11)38-3/h4-10,20,23-29,31-32,34-37H,1-3H3/t9-,10-,20-,23+,24-,25+,26-,27+,28-/m0/s1. The highest BCUT2D eigenvalue weighted by molar-refractivity contribution is 5.90. The largest absolute Gasteiger partial charge is 0.507 e. The van der Waals surface area contributed by atoms with Gasteiger partial charge in [0.2, 0.25) is 0 Å². The molecule has 0 unspecified atom stereocenters. The van der Waals surface area contributed by atoms with Crippen molar-refractivity contribution in [3.8, 4) is 34.3 Å². The third kappa shape index (κ3) is 4.96. The highest BCUT2D eigenvalue weighted by atomic mass is 16.7. The zero-order chi connectivity index (χ0) is 30.6. The van der Waals surface area contributed by atoms with Crippen LogP contribution in [0.15, 0.2) is 39.5 Å². The molecule has 0 bridgehead atoms. The van der Waals surface area contributed by atoms with Gasteiger partial charge in [-0.2, -0.15) is 0 Å². The summed E-state index contributed by atoms with van der Waals surface area (Å²) in [5.41, 5.74) is -1.03. The third-order valence-corrected chi connectivity index (χ3v) is 7.51. The molecule has 9 atom stereocenters. The molecule has 14 nitrogen and oxygen atoms in total. The van der Waals surface area contributed by atoms with Crippen molar-refractivity contribution in [2.24, 2.45) is 0 Å². The number of methoxy groups -OCH3 is 1. The van der Waals surface area contributed by atoms with Gasteiger partial charge in [-0.05, 0) is 32.0 Å². The Morgan fingerprint density at radius 2 is 1.57 bits per heavy atom. The Morgan fingerprint density at radius 1 is 0.857 bits per heavy atom. The lowest BCUT2D eigenvalue weighted by Gasteiger charge is -2.44. The second kappa shape index (κ2) is 11.1. The zero-order valence-electron chi connectivity index (χ0n) is 22.6. The number of carbonyl (C=O) groups is 1. The molecular weight excluding hydrogens is 560 g/mol. The van der Waals surface area contributed by atoms with E-state index < -0.39 is 83.4 Å². The number of aliphatic hydroxyl groups excluding tert-OH is 4. The number of hydrogen-bond acceptors (Lipinski definition) is 14. The van der Waals surface area contributed by atoms with E-state index in [0.717, 1.165) is 12.1 Å². The number of ether oxygens (including phenoxy) is 4. The molecule has 0 radical (unpaired) electrons. The number of ketones is 1. The second-order valence-electron chi connectivity index (χ2n) is 10.2. The molecule has 3 aromatic rings. The van der Waals surface area contributed by atoms with Gasteiger partial charge in [0.05, 0.1) is 18.8 Å². The summed E-state index contributed by atoms with van der Waals surface area (Å²) in [6.07, 6.45) is -14.1. The summed E-state index contributed by atoms with van der Waals surface area (Å²) in [6, 6.07) is 6.33. The first-order valence-corrected chi connectivity index (χ1v) is 13.0. The van der Waals surface area contributed by atoms with E-state index in [4.69, 9.17) is 23.4 Å². The number of phenolic OH excluding ortho intramolecular Hbond substituents is 3. The Hall–Kier alpha value is -3.76. The minimum absolute atomic E-state index is 0.0282. The van der Waals surface area contributed by atoms with Crippen LogP contribution in [-0.2, 0) is 19.0 Å². The Bertz CT molecular complexity index is 1570. The van der Waals surface area contributed by atoms with Crippen LogP contribution < -0.4 is 10.2 Å². The van der Waals surface area contributed by atoms with Crippen molar-refractivity contribution in [1.29, 1.82) is 0 Å². The second-order valence-corrected chi connectivity index (χ2v) is 10.2. The average molecular weight is 591 g/mol. The van der Waals surface area contributed by atoms with Crippen LogP contribution in [0.1, 0.15) is 25.5 Å². The van der Waals surface area contributed by atoms with Gasteiger partial charge in [0.25, 0.3) is 0 Å². The van der Waals surface area contributed by atoms with E-state index in [0.29, 0.717) is 5.56 Å². The average Bonchev–Trinajstić information content (AvgIpc) is 2.95. The van der Waals surface area contributed by atoms with Gasteiger partial charge in [-0.15, -0.1) is 0 Å². The van der Waals surface area contributed by atoms with E-state index in [1.165, 1.54) is 39.2 Å². The van der Waals surface area contributed by atoms with Crippen molar-refractivity contribution in [3.63, 3.8) is 0 Å². The van der Waals surface area contributed by atoms with Crippen LogP contribution in [0.4, 0.5) is 0 Å². The lowest BCUT2D eigenvalue weighted by molar-refractivity contribution is -0.323. The van der Waals surface area contributed by atoms with Gasteiger partial charge in [0.15, 0.2) is 29.0 Å². The van der Waals surface area contributed by atoms with Crippen molar-refractivity contribution < 1.29 is 63.9 Å². The number of aliphatic hydroxyl groups is 4. The van der Waals surface area contributed by atoms with Crippen LogP contribution in [0.3, 0.4) is 0 Å². The van der Waals surface area contributed by atoms with Gasteiger partial charge < -0.3 is 59.1 Å². The summed E-state index contributed by atoms with van der Waals surface area (Å²) in [5.74, 6) is -2.25. The molecule has 2 aromatic carbocycles. The maximum absolute atomic E-state index is 13.2. The fourth-order valence-electron chi connectivity index (χ4n) is 5.15. The molecule has 0 spiro atoms. The molecule has 7 N–H and O–H groups in total. The molecule has 0 aliphatic carbocycles.